The van der Waals surface area contributed by atoms with Gasteiger partial charge in [0.25, 0.3) is 11.1 Å². The number of aromatic amines is 2. The fourth-order valence-electron chi connectivity index (χ4n) is 2.15. The van der Waals surface area contributed by atoms with Crippen molar-refractivity contribution in [2.45, 2.75) is 0 Å². The predicted octanol–water partition coefficient (Wildman–Crippen LogP) is -1.97. The van der Waals surface area contributed by atoms with Crippen LogP contribution in [0, 0.1) is 0 Å². The van der Waals surface area contributed by atoms with Gasteiger partial charge >= 0.3 is 0 Å². The second-order valence-electron chi connectivity index (χ2n) is 4.43. The van der Waals surface area contributed by atoms with Gasteiger partial charge in [0.15, 0.2) is 22.3 Å². The van der Waals surface area contributed by atoms with Gasteiger partial charge in [-0.15, -0.1) is 0 Å². The van der Waals surface area contributed by atoms with Gasteiger partial charge in [0.2, 0.25) is 11.9 Å². The summed E-state index contributed by atoms with van der Waals surface area (Å²) in [5.74, 6) is -0.122. The Labute approximate surface area is 139 Å². The zero-order valence-corrected chi connectivity index (χ0v) is 13.4. The molecule has 4 rings (SSSR count). The summed E-state index contributed by atoms with van der Waals surface area (Å²) < 4.78 is 2.78. The molecule has 120 valence electrons. The van der Waals surface area contributed by atoms with Crippen LogP contribution in [-0.4, -0.2) is 39.3 Å². The first-order valence-corrected chi connectivity index (χ1v) is 6.01. The molecule has 0 saturated carbocycles. The maximum atomic E-state index is 11.8. The molecule has 0 saturated heterocycles. The van der Waals surface area contributed by atoms with Gasteiger partial charge in [-0.3, -0.25) is 19.6 Å². The fraction of sp³-hybridized carbons (Fsp3) is 0. The van der Waals surface area contributed by atoms with Crippen LogP contribution in [0.25, 0.3) is 22.3 Å². The van der Waals surface area contributed by atoms with E-state index in [2.05, 4.69) is 29.9 Å². The number of anilines is 2. The zero-order valence-electron chi connectivity index (χ0n) is 11.1. The standard InChI is InChI=1S/C10H8N10O2.Pt/c11-9-15-5-3(7(21)17-9)13-1-19(5)20-2-14-4-6(20)16-10(12)18-8(4)22;/h1-2H,(H3,11,15,17,21)(H3,12,16,18,22);. The average molecular weight is 495 g/mol. The Bertz CT molecular complexity index is 1060. The molecule has 4 heterocycles. The minimum atomic E-state index is -0.476. The largest absolute Gasteiger partial charge is 0.369 e. The minimum absolute atomic E-state index is 0. The summed E-state index contributed by atoms with van der Waals surface area (Å²) in [7, 11) is 0. The molecule has 0 spiro atoms. The van der Waals surface area contributed by atoms with Crippen LogP contribution in [-0.2, 0) is 21.1 Å². The van der Waals surface area contributed by atoms with E-state index in [0.29, 0.717) is 0 Å². The molecule has 0 bridgehead atoms. The van der Waals surface area contributed by atoms with Gasteiger partial charge in [-0.2, -0.15) is 9.97 Å². The number of nitrogen functional groups attached to an aromatic ring is 2. The molecule has 6 N–H and O–H groups in total. The van der Waals surface area contributed by atoms with Crippen molar-refractivity contribution in [3.8, 4) is 0 Å². The van der Waals surface area contributed by atoms with Crippen LogP contribution >= 0.6 is 0 Å². The van der Waals surface area contributed by atoms with E-state index >= 15 is 0 Å². The Balaban J connectivity index is 0.00000156. The molecule has 12 nitrogen and oxygen atoms in total. The smallest absolute Gasteiger partial charge is 0.280 e. The van der Waals surface area contributed by atoms with Crippen molar-refractivity contribution in [1.82, 2.24) is 39.3 Å². The molecule has 0 fully saturated rings. The minimum Gasteiger partial charge on any atom is -0.369 e. The van der Waals surface area contributed by atoms with Crippen LogP contribution < -0.4 is 22.6 Å². The van der Waals surface area contributed by atoms with Crippen molar-refractivity contribution < 1.29 is 21.1 Å². The van der Waals surface area contributed by atoms with E-state index < -0.39 is 11.1 Å². The number of fused-ring (bicyclic) bond motifs is 2. The number of hydrogen-bond acceptors (Lipinski definition) is 8. The third-order valence-corrected chi connectivity index (χ3v) is 3.05. The van der Waals surface area contributed by atoms with Gasteiger partial charge in [0.05, 0.1) is 0 Å². The molecule has 4 aromatic rings. The van der Waals surface area contributed by atoms with E-state index in [9.17, 15) is 9.59 Å². The molecule has 0 aliphatic heterocycles. The Morgan fingerprint density at radius 3 is 1.61 bits per heavy atom. The van der Waals surface area contributed by atoms with Crippen molar-refractivity contribution >= 4 is 34.2 Å². The number of H-pyrrole nitrogens is 2. The molecular weight excluding hydrogens is 487 g/mol. The SMILES string of the molecule is Nc1nc2c(ncn2-n2cnc3c(=O)[nH]c(N)nc32)c(=O)[nH]1.[Pt]. The summed E-state index contributed by atoms with van der Waals surface area (Å²) >= 11 is 0. The second-order valence-corrected chi connectivity index (χ2v) is 4.43. The van der Waals surface area contributed by atoms with E-state index in [0.717, 1.165) is 0 Å². The molecule has 0 radical (unpaired) electrons. The van der Waals surface area contributed by atoms with Crippen molar-refractivity contribution in [3.63, 3.8) is 0 Å². The monoisotopic (exact) mass is 495 g/mol. The topological polar surface area (TPSA) is 179 Å². The molecule has 0 aliphatic carbocycles. The first kappa shape index (κ1) is 14.9. The van der Waals surface area contributed by atoms with Gasteiger partial charge < -0.3 is 11.5 Å². The Hall–Kier alpha value is -3.01. The van der Waals surface area contributed by atoms with Crippen LogP contribution in [0.15, 0.2) is 22.2 Å². The van der Waals surface area contributed by atoms with Crippen LogP contribution in [0.3, 0.4) is 0 Å². The Morgan fingerprint density at radius 2 is 1.22 bits per heavy atom. The van der Waals surface area contributed by atoms with E-state index in [1.54, 1.807) is 0 Å². The third-order valence-electron chi connectivity index (χ3n) is 3.05. The number of aromatic nitrogens is 8. The molecular formula is C10H8N10O2Pt. The summed E-state index contributed by atoms with van der Waals surface area (Å²) in [6.07, 6.45) is 2.68. The summed E-state index contributed by atoms with van der Waals surface area (Å²) in [5, 5.41) is 0. The fourth-order valence-corrected chi connectivity index (χ4v) is 2.15. The second kappa shape index (κ2) is 5.02. The van der Waals surface area contributed by atoms with Gasteiger partial charge in [0.1, 0.15) is 12.7 Å². The van der Waals surface area contributed by atoms with Crippen molar-refractivity contribution in [3.05, 3.63) is 33.4 Å². The summed E-state index contributed by atoms with van der Waals surface area (Å²) in [5.41, 5.74) is 10.7. The molecule has 4 aromatic heterocycles. The summed E-state index contributed by atoms with van der Waals surface area (Å²) in [6.45, 7) is 0. The van der Waals surface area contributed by atoms with E-state index in [-0.39, 0.29) is 55.3 Å². The summed E-state index contributed by atoms with van der Waals surface area (Å²) in [6, 6.07) is 0. The zero-order chi connectivity index (χ0) is 15.4. The van der Waals surface area contributed by atoms with Gasteiger partial charge in [-0.25, -0.2) is 19.3 Å². The first-order valence-electron chi connectivity index (χ1n) is 6.01. The van der Waals surface area contributed by atoms with Crippen molar-refractivity contribution in [2.24, 2.45) is 0 Å². The van der Waals surface area contributed by atoms with Crippen LogP contribution in [0.1, 0.15) is 0 Å². The van der Waals surface area contributed by atoms with E-state index in [4.69, 9.17) is 11.5 Å². The number of nitrogens with one attached hydrogen (secondary N) is 2. The molecule has 13 heteroatoms. The van der Waals surface area contributed by atoms with Crippen LogP contribution in [0.5, 0.6) is 0 Å². The van der Waals surface area contributed by atoms with Crippen molar-refractivity contribution in [1.29, 1.82) is 0 Å². The van der Waals surface area contributed by atoms with Gasteiger partial charge in [0, 0.05) is 21.1 Å². The van der Waals surface area contributed by atoms with E-state index in [1.165, 1.54) is 22.0 Å². The van der Waals surface area contributed by atoms with Crippen LogP contribution in [0.4, 0.5) is 11.9 Å². The average Bonchev–Trinajstić information content (AvgIpc) is 3.02. The number of nitrogens with zero attached hydrogens (tertiary/aromatic N) is 6. The molecule has 0 unspecified atom stereocenters. The maximum Gasteiger partial charge on any atom is 0.280 e. The molecule has 0 aromatic carbocycles. The molecule has 0 atom stereocenters. The van der Waals surface area contributed by atoms with Gasteiger partial charge in [-0.1, -0.05) is 0 Å². The van der Waals surface area contributed by atoms with E-state index in [1.807, 2.05) is 0 Å². The predicted molar refractivity (Wildman–Crippen MR) is 75.9 cm³/mol. The van der Waals surface area contributed by atoms with Crippen LogP contribution in [0.2, 0.25) is 0 Å². The molecule has 23 heavy (non-hydrogen) atoms. The molecule has 0 aliphatic rings. The first-order chi connectivity index (χ1) is 10.5. The number of imidazole rings is 2. The third kappa shape index (κ3) is 2.11. The number of hydrogen-bond donors (Lipinski definition) is 4. The summed E-state index contributed by atoms with van der Waals surface area (Å²) in [4.78, 5) is 44.3. The maximum absolute atomic E-state index is 11.8. The quantitative estimate of drug-likeness (QED) is 0.235. The van der Waals surface area contributed by atoms with Gasteiger partial charge in [-0.05, 0) is 0 Å². The Morgan fingerprint density at radius 1 is 0.826 bits per heavy atom. The number of rotatable bonds is 1. The van der Waals surface area contributed by atoms with Crippen molar-refractivity contribution in [2.75, 3.05) is 11.5 Å². The normalized spacial score (nSPS) is 11.0. The Kier molecular flexibility index (Phi) is 3.25. The molecule has 0 amide bonds. The number of nitrogens with two attached hydrogens (primary N) is 2.